The predicted octanol–water partition coefficient (Wildman–Crippen LogP) is 5.52. The van der Waals surface area contributed by atoms with Crippen molar-refractivity contribution >= 4 is 67.9 Å². The molecule has 0 saturated heterocycles. The molecule has 0 aliphatic rings. The van der Waals surface area contributed by atoms with Crippen LogP contribution in [0, 0.1) is 0 Å². The van der Waals surface area contributed by atoms with Crippen LogP contribution in [-0.2, 0) is 0 Å². The van der Waals surface area contributed by atoms with Crippen LogP contribution in [0.2, 0.25) is 0 Å². The van der Waals surface area contributed by atoms with Crippen molar-refractivity contribution < 1.29 is 0 Å². The first kappa shape index (κ1) is 76.3. The number of halogens is 4. The number of rotatable bonds is 0. The van der Waals surface area contributed by atoms with E-state index in [1.165, 1.54) is 0 Å². The number of hydrogen-bond acceptors (Lipinski definition) is 0. The van der Waals surface area contributed by atoms with Gasteiger partial charge >= 0.3 is 0 Å². The SMILES string of the molecule is Br.Br.Br.Br.C=C.C=C.C=C.C=C. The fourth-order valence-corrected chi connectivity index (χ4v) is 0. The van der Waals surface area contributed by atoms with Gasteiger partial charge in [0, 0.05) is 0 Å². The van der Waals surface area contributed by atoms with Crippen molar-refractivity contribution in [3.05, 3.63) is 52.6 Å². The average molecular weight is 436 g/mol. The molecule has 0 rings (SSSR count). The summed E-state index contributed by atoms with van der Waals surface area (Å²) in [5.74, 6) is 0. The Morgan fingerprint density at radius 1 is 0.250 bits per heavy atom. The molecule has 4 heteroatoms. The lowest BCUT2D eigenvalue weighted by Crippen LogP contribution is -0.552. The first-order chi connectivity index (χ1) is 4.00. The third-order valence-corrected chi connectivity index (χ3v) is 0. The fraction of sp³-hybridized carbons (Fsp3) is 0. The van der Waals surface area contributed by atoms with Crippen LogP contribution in [0.15, 0.2) is 52.6 Å². The molecule has 0 unspecified atom stereocenters. The van der Waals surface area contributed by atoms with Gasteiger partial charge < -0.3 is 0 Å². The van der Waals surface area contributed by atoms with E-state index in [2.05, 4.69) is 52.6 Å². The van der Waals surface area contributed by atoms with Crippen LogP contribution in [0.25, 0.3) is 0 Å². The maximum absolute atomic E-state index is 3.00. The molecule has 0 bridgehead atoms. The monoisotopic (exact) mass is 432 g/mol. The highest BCUT2D eigenvalue weighted by Gasteiger charge is 0.607. The van der Waals surface area contributed by atoms with Gasteiger partial charge in [0.15, 0.2) is 0 Å². The van der Waals surface area contributed by atoms with E-state index in [0.717, 1.165) is 0 Å². The Labute approximate surface area is 120 Å². The molecule has 0 heterocycles. The van der Waals surface area contributed by atoms with Gasteiger partial charge in [0.1, 0.15) is 0 Å². The van der Waals surface area contributed by atoms with Crippen LogP contribution < -0.4 is 0 Å². The van der Waals surface area contributed by atoms with Crippen molar-refractivity contribution in [2.24, 2.45) is 0 Å². The summed E-state index contributed by atoms with van der Waals surface area (Å²) in [5.41, 5.74) is 0. The lowest BCUT2D eigenvalue weighted by Gasteiger charge is -0.813. The van der Waals surface area contributed by atoms with Crippen molar-refractivity contribution in [3.63, 3.8) is 0 Å². The summed E-state index contributed by atoms with van der Waals surface area (Å²) in [4.78, 5) is 0. The topological polar surface area (TPSA) is 0 Å². The molecule has 80 valence electrons. The van der Waals surface area contributed by atoms with Crippen LogP contribution in [-0.4, -0.2) is 0 Å². The Morgan fingerprint density at radius 3 is 0.250 bits per heavy atom. The second kappa shape index (κ2) is 1820. The fourth-order valence-electron chi connectivity index (χ4n) is 0. The molecular formula is C8H20Br4. The second-order valence-electron chi connectivity index (χ2n) is 0. The van der Waals surface area contributed by atoms with E-state index in [-0.39, 0.29) is 67.9 Å². The zero-order valence-corrected chi connectivity index (χ0v) is 14.1. The lowest BCUT2D eigenvalue weighted by atomic mass is 11.3. The Balaban J connectivity index is -0.00000000267. The highest BCUT2D eigenvalue weighted by molar-refractivity contribution is 8.93. The van der Waals surface area contributed by atoms with Crippen LogP contribution in [0.3, 0.4) is 0 Å². The molecule has 0 aliphatic carbocycles. The largest absolute Gasteiger partial charge is 0.114 e. The molecule has 0 nitrogen and oxygen atoms in total. The van der Waals surface area contributed by atoms with E-state index in [4.69, 9.17) is 0 Å². The Hall–Kier alpha value is 0.880. The molecule has 0 amide bonds. The van der Waals surface area contributed by atoms with Crippen LogP contribution in [0.5, 0.6) is 0 Å². The van der Waals surface area contributed by atoms with E-state index in [1.807, 2.05) is 0 Å². The van der Waals surface area contributed by atoms with Gasteiger partial charge in [-0.15, -0.1) is 121 Å². The van der Waals surface area contributed by atoms with E-state index in [1.54, 1.807) is 0 Å². The third kappa shape index (κ3) is 1370. The Kier molecular flexibility index (Phi) is 11600. The quantitative estimate of drug-likeness (QED) is 0.439. The molecule has 0 N–H and O–H groups in total. The van der Waals surface area contributed by atoms with Gasteiger partial charge in [0.25, 0.3) is 0 Å². The van der Waals surface area contributed by atoms with Gasteiger partial charge in [0.05, 0.1) is 0 Å². The van der Waals surface area contributed by atoms with Gasteiger partial charge in [-0.1, -0.05) is 0 Å². The van der Waals surface area contributed by atoms with Crippen LogP contribution >= 0.6 is 67.9 Å². The maximum atomic E-state index is 3.00. The van der Waals surface area contributed by atoms with Crippen molar-refractivity contribution in [2.75, 3.05) is 0 Å². The third-order valence-electron chi connectivity index (χ3n) is 0. The van der Waals surface area contributed by atoms with E-state index in [0.29, 0.717) is 0 Å². The van der Waals surface area contributed by atoms with Gasteiger partial charge in [0.2, 0.25) is 0 Å². The lowest BCUT2D eigenvalue weighted by molar-refractivity contribution is 2.81. The summed E-state index contributed by atoms with van der Waals surface area (Å²) in [6.07, 6.45) is 0. The molecule has 0 fully saturated rings. The Morgan fingerprint density at radius 2 is 0.250 bits per heavy atom. The molecule has 12 heavy (non-hydrogen) atoms. The van der Waals surface area contributed by atoms with Crippen molar-refractivity contribution in [2.45, 2.75) is 0 Å². The summed E-state index contributed by atoms with van der Waals surface area (Å²) in [7, 11) is 0. The Bertz CT molecular complexity index is 19.0. The minimum absolute atomic E-state index is 0. The molecule has 0 atom stereocenters. The zero-order chi connectivity index (χ0) is 8.00. The van der Waals surface area contributed by atoms with Gasteiger partial charge in [-0.05, 0) is 0 Å². The van der Waals surface area contributed by atoms with Crippen LogP contribution in [0.4, 0.5) is 0 Å². The predicted molar refractivity (Wildman–Crippen MR) is 86.3 cm³/mol. The van der Waals surface area contributed by atoms with Crippen molar-refractivity contribution in [1.82, 2.24) is 0 Å². The molecule has 0 aromatic rings. The van der Waals surface area contributed by atoms with E-state index >= 15 is 0 Å². The maximum Gasteiger partial charge on any atom is -0.106 e. The molecule has 0 spiro atoms. The van der Waals surface area contributed by atoms with Gasteiger partial charge in [-0.3, -0.25) is 0 Å². The second-order valence-corrected chi connectivity index (χ2v) is 0. The molecule has 0 aliphatic heterocycles. The standard InChI is InChI=1S/4C2H4.4BrH/c4*1-2;;;;/h4*1-2H2;4*1H. The zero-order valence-electron chi connectivity index (χ0n) is 7.29. The molecule has 0 aromatic heterocycles. The minimum atomic E-state index is 0. The van der Waals surface area contributed by atoms with E-state index in [9.17, 15) is 0 Å². The highest BCUT2D eigenvalue weighted by Crippen LogP contribution is 0.870. The molecule has 0 radical (unpaired) electrons. The van der Waals surface area contributed by atoms with Gasteiger partial charge in [-0.25, -0.2) is 0 Å². The van der Waals surface area contributed by atoms with Crippen LogP contribution in [0.1, 0.15) is 0 Å². The van der Waals surface area contributed by atoms with Crippen molar-refractivity contribution in [3.8, 4) is 0 Å². The summed E-state index contributed by atoms with van der Waals surface area (Å²) >= 11 is 0. The summed E-state index contributed by atoms with van der Waals surface area (Å²) in [6, 6.07) is 0. The summed E-state index contributed by atoms with van der Waals surface area (Å²) < 4.78 is 0. The molecular weight excluding hydrogens is 416 g/mol. The molecule has 0 saturated carbocycles. The first-order valence-electron chi connectivity index (χ1n) is 2.00. The average Bonchev–Trinajstić information content (AvgIpc) is 2.03. The summed E-state index contributed by atoms with van der Waals surface area (Å²) in [6.45, 7) is 24.0. The summed E-state index contributed by atoms with van der Waals surface area (Å²) in [5, 5.41) is 0. The van der Waals surface area contributed by atoms with Crippen molar-refractivity contribution in [1.29, 1.82) is 0 Å². The number of hydrogen-bond donors (Lipinski definition) is 0. The first-order valence-corrected chi connectivity index (χ1v) is 2.00. The minimum Gasteiger partial charge on any atom is -0.114 e. The normalized spacial score (nSPS) is 1.33. The molecule has 0 aromatic carbocycles. The smallest absolute Gasteiger partial charge is 0.106 e. The highest BCUT2D eigenvalue weighted by atomic mass is 79.9. The van der Waals surface area contributed by atoms with Gasteiger partial charge in [-0.2, -0.15) is 0 Å². The van der Waals surface area contributed by atoms with E-state index < -0.39 is 0 Å².